The molecule has 4 nitrogen and oxygen atoms in total. The van der Waals surface area contributed by atoms with Crippen LogP contribution in [-0.4, -0.2) is 34.6 Å². The lowest BCUT2D eigenvalue weighted by Gasteiger charge is -2.18. The second-order valence-electron chi connectivity index (χ2n) is 4.36. The molecule has 1 aliphatic rings. The van der Waals surface area contributed by atoms with Crippen molar-refractivity contribution in [3.8, 4) is 5.88 Å². The van der Waals surface area contributed by atoms with Crippen molar-refractivity contribution in [2.45, 2.75) is 26.2 Å². The number of aromatic nitrogens is 2. The fourth-order valence-corrected chi connectivity index (χ4v) is 2.00. The van der Waals surface area contributed by atoms with Crippen molar-refractivity contribution < 1.29 is 4.74 Å². The first-order valence-corrected chi connectivity index (χ1v) is 6.10. The van der Waals surface area contributed by atoms with Crippen LogP contribution in [0.5, 0.6) is 5.88 Å². The molecular weight excluding hydrogens is 214 g/mol. The average molecular weight is 233 g/mol. The first kappa shape index (κ1) is 11.9. The normalized spacial score (nSPS) is 15.4. The molecule has 1 saturated heterocycles. The van der Waals surface area contributed by atoms with Crippen molar-refractivity contribution in [1.29, 1.82) is 0 Å². The standard InChI is InChI=1S/C13H19N3O/c1-11-9-13(15-10-14-11)17-8-4-7-16-6-3-5-12(16)2/h9-10H,2-8H2,1H3. The molecule has 0 aliphatic carbocycles. The summed E-state index contributed by atoms with van der Waals surface area (Å²) in [6.45, 7) is 8.85. The molecule has 1 fully saturated rings. The number of hydrogen-bond donors (Lipinski definition) is 0. The van der Waals surface area contributed by atoms with E-state index in [0.29, 0.717) is 12.5 Å². The molecule has 1 aliphatic heterocycles. The first-order chi connectivity index (χ1) is 8.25. The van der Waals surface area contributed by atoms with Gasteiger partial charge in [0.15, 0.2) is 0 Å². The van der Waals surface area contributed by atoms with Crippen LogP contribution >= 0.6 is 0 Å². The molecule has 0 radical (unpaired) electrons. The molecule has 0 aromatic carbocycles. The van der Waals surface area contributed by atoms with Crippen molar-refractivity contribution in [2.75, 3.05) is 19.7 Å². The fourth-order valence-electron chi connectivity index (χ4n) is 2.00. The minimum atomic E-state index is 0.665. The third kappa shape index (κ3) is 3.44. The molecule has 0 bridgehead atoms. The van der Waals surface area contributed by atoms with Crippen LogP contribution in [0.3, 0.4) is 0 Å². The van der Waals surface area contributed by atoms with Crippen LogP contribution in [0.2, 0.25) is 0 Å². The molecule has 0 unspecified atom stereocenters. The summed E-state index contributed by atoms with van der Waals surface area (Å²) in [5.74, 6) is 0.665. The lowest BCUT2D eigenvalue weighted by Crippen LogP contribution is -2.20. The van der Waals surface area contributed by atoms with E-state index in [-0.39, 0.29) is 0 Å². The van der Waals surface area contributed by atoms with E-state index in [1.165, 1.54) is 18.4 Å². The van der Waals surface area contributed by atoms with E-state index in [1.807, 2.05) is 13.0 Å². The molecule has 1 aromatic rings. The zero-order chi connectivity index (χ0) is 12.1. The molecule has 0 amide bonds. The Morgan fingerprint density at radius 2 is 2.35 bits per heavy atom. The maximum atomic E-state index is 5.57. The maximum Gasteiger partial charge on any atom is 0.216 e. The molecule has 0 atom stereocenters. The van der Waals surface area contributed by atoms with Gasteiger partial charge in [-0.05, 0) is 26.2 Å². The summed E-state index contributed by atoms with van der Waals surface area (Å²) in [4.78, 5) is 10.4. The van der Waals surface area contributed by atoms with Gasteiger partial charge in [-0.3, -0.25) is 0 Å². The molecular formula is C13H19N3O. The van der Waals surface area contributed by atoms with E-state index < -0.39 is 0 Å². The van der Waals surface area contributed by atoms with Crippen LogP contribution < -0.4 is 4.74 Å². The van der Waals surface area contributed by atoms with Gasteiger partial charge >= 0.3 is 0 Å². The van der Waals surface area contributed by atoms with E-state index in [0.717, 1.165) is 31.6 Å². The minimum Gasteiger partial charge on any atom is -0.478 e. The molecule has 17 heavy (non-hydrogen) atoms. The highest BCUT2D eigenvalue weighted by molar-refractivity contribution is 5.11. The Morgan fingerprint density at radius 3 is 3.06 bits per heavy atom. The van der Waals surface area contributed by atoms with Gasteiger partial charge in [-0.1, -0.05) is 6.58 Å². The fraction of sp³-hybridized carbons (Fsp3) is 0.538. The monoisotopic (exact) mass is 233 g/mol. The number of aryl methyl sites for hydroxylation is 1. The molecule has 1 aromatic heterocycles. The van der Waals surface area contributed by atoms with E-state index in [4.69, 9.17) is 4.74 Å². The van der Waals surface area contributed by atoms with Gasteiger partial charge in [-0.2, -0.15) is 0 Å². The topological polar surface area (TPSA) is 38.2 Å². The molecule has 2 rings (SSSR count). The van der Waals surface area contributed by atoms with Crippen molar-refractivity contribution in [3.63, 3.8) is 0 Å². The van der Waals surface area contributed by atoms with Crippen LogP contribution in [0.25, 0.3) is 0 Å². The molecule has 0 saturated carbocycles. The molecule has 0 N–H and O–H groups in total. The first-order valence-electron chi connectivity index (χ1n) is 6.10. The largest absolute Gasteiger partial charge is 0.478 e. The highest BCUT2D eigenvalue weighted by atomic mass is 16.5. The Kier molecular flexibility index (Phi) is 3.96. The van der Waals surface area contributed by atoms with Gasteiger partial charge in [-0.25, -0.2) is 9.97 Å². The Hall–Kier alpha value is -1.58. The van der Waals surface area contributed by atoms with Crippen LogP contribution in [-0.2, 0) is 0 Å². The van der Waals surface area contributed by atoms with E-state index in [9.17, 15) is 0 Å². The second-order valence-corrected chi connectivity index (χ2v) is 4.36. The number of ether oxygens (including phenoxy) is 1. The molecule has 4 heteroatoms. The maximum absolute atomic E-state index is 5.57. The van der Waals surface area contributed by atoms with Gasteiger partial charge < -0.3 is 9.64 Å². The van der Waals surface area contributed by atoms with Gasteiger partial charge in [0.05, 0.1) is 6.61 Å². The van der Waals surface area contributed by atoms with E-state index >= 15 is 0 Å². The number of allylic oxidation sites excluding steroid dienone is 1. The predicted octanol–water partition coefficient (Wildman–Crippen LogP) is 2.16. The summed E-state index contributed by atoms with van der Waals surface area (Å²) < 4.78 is 5.57. The Bertz CT molecular complexity index is 392. The summed E-state index contributed by atoms with van der Waals surface area (Å²) in [6.07, 6.45) is 4.92. The Labute approximate surface area is 102 Å². The number of hydrogen-bond acceptors (Lipinski definition) is 4. The van der Waals surface area contributed by atoms with Gasteiger partial charge in [0.25, 0.3) is 0 Å². The average Bonchev–Trinajstić information content (AvgIpc) is 2.71. The third-order valence-corrected chi connectivity index (χ3v) is 2.94. The van der Waals surface area contributed by atoms with Gasteiger partial charge in [0.2, 0.25) is 5.88 Å². The molecule has 92 valence electrons. The van der Waals surface area contributed by atoms with Crippen molar-refractivity contribution >= 4 is 0 Å². The van der Waals surface area contributed by atoms with Crippen LogP contribution in [0.15, 0.2) is 24.7 Å². The SMILES string of the molecule is C=C1CCCN1CCCOc1cc(C)ncn1. The van der Waals surface area contributed by atoms with Crippen molar-refractivity contribution in [3.05, 3.63) is 30.4 Å². The van der Waals surface area contributed by atoms with Gasteiger partial charge in [0.1, 0.15) is 6.33 Å². The third-order valence-electron chi connectivity index (χ3n) is 2.94. The summed E-state index contributed by atoms with van der Waals surface area (Å²) in [5, 5.41) is 0. The quantitative estimate of drug-likeness (QED) is 0.730. The van der Waals surface area contributed by atoms with Gasteiger partial charge in [-0.15, -0.1) is 0 Å². The van der Waals surface area contributed by atoms with Crippen molar-refractivity contribution in [1.82, 2.24) is 14.9 Å². The summed E-state index contributed by atoms with van der Waals surface area (Å²) in [7, 11) is 0. The van der Waals surface area contributed by atoms with Crippen LogP contribution in [0.1, 0.15) is 25.0 Å². The lowest BCUT2D eigenvalue weighted by atomic mass is 10.3. The summed E-state index contributed by atoms with van der Waals surface area (Å²) in [5.41, 5.74) is 2.20. The summed E-state index contributed by atoms with van der Waals surface area (Å²) in [6, 6.07) is 1.86. The summed E-state index contributed by atoms with van der Waals surface area (Å²) >= 11 is 0. The predicted molar refractivity (Wildman–Crippen MR) is 66.8 cm³/mol. The number of rotatable bonds is 5. The molecule has 2 heterocycles. The van der Waals surface area contributed by atoms with E-state index in [2.05, 4.69) is 21.4 Å². The second kappa shape index (κ2) is 5.66. The number of likely N-dealkylation sites (tertiary alicyclic amines) is 1. The van der Waals surface area contributed by atoms with Crippen LogP contribution in [0, 0.1) is 6.92 Å². The smallest absolute Gasteiger partial charge is 0.216 e. The number of nitrogens with zero attached hydrogens (tertiary/aromatic N) is 3. The zero-order valence-corrected chi connectivity index (χ0v) is 10.4. The van der Waals surface area contributed by atoms with Crippen molar-refractivity contribution in [2.24, 2.45) is 0 Å². The zero-order valence-electron chi connectivity index (χ0n) is 10.4. The molecule has 0 spiro atoms. The van der Waals surface area contributed by atoms with E-state index in [1.54, 1.807) is 0 Å². The minimum absolute atomic E-state index is 0.665. The highest BCUT2D eigenvalue weighted by Crippen LogP contribution is 2.18. The highest BCUT2D eigenvalue weighted by Gasteiger charge is 2.13. The van der Waals surface area contributed by atoms with Crippen LogP contribution in [0.4, 0.5) is 0 Å². The van der Waals surface area contributed by atoms with Gasteiger partial charge in [0, 0.05) is 30.5 Å². The lowest BCUT2D eigenvalue weighted by molar-refractivity contribution is 0.271. The Balaban J connectivity index is 1.68. The Morgan fingerprint density at radius 1 is 1.47 bits per heavy atom.